The van der Waals surface area contributed by atoms with Gasteiger partial charge in [-0.25, -0.2) is 0 Å². The van der Waals surface area contributed by atoms with Crippen molar-refractivity contribution in [3.05, 3.63) is 0 Å². The van der Waals surface area contributed by atoms with Crippen LogP contribution in [0.1, 0.15) is 20.3 Å². The molecule has 0 aliphatic heterocycles. The molecule has 0 aromatic heterocycles. The molecule has 0 bridgehead atoms. The summed E-state index contributed by atoms with van der Waals surface area (Å²) in [5, 5.41) is 0.664. The normalized spacial score (nSPS) is 16.4. The summed E-state index contributed by atoms with van der Waals surface area (Å²) >= 11 is 1.93. The van der Waals surface area contributed by atoms with Gasteiger partial charge in [-0.1, -0.05) is 6.92 Å². The van der Waals surface area contributed by atoms with Crippen molar-refractivity contribution in [2.45, 2.75) is 31.6 Å². The van der Waals surface area contributed by atoms with Crippen LogP contribution >= 0.6 is 11.8 Å². The summed E-state index contributed by atoms with van der Waals surface area (Å²) in [5.74, 6) is 1.07. The van der Waals surface area contributed by atoms with Gasteiger partial charge in [-0.05, 0) is 19.9 Å². The third-order valence-corrected chi connectivity index (χ3v) is 3.06. The average Bonchev–Trinajstić information content (AvgIpc) is 2.01. The van der Waals surface area contributed by atoms with E-state index >= 15 is 0 Å². The van der Waals surface area contributed by atoms with E-state index in [2.05, 4.69) is 13.8 Å². The Morgan fingerprint density at radius 2 is 2.09 bits per heavy atom. The van der Waals surface area contributed by atoms with E-state index in [0.29, 0.717) is 11.4 Å². The van der Waals surface area contributed by atoms with Crippen molar-refractivity contribution >= 4 is 11.8 Å². The van der Waals surface area contributed by atoms with E-state index < -0.39 is 0 Å². The zero-order valence-electron chi connectivity index (χ0n) is 7.67. The molecule has 0 aliphatic rings. The lowest BCUT2D eigenvalue weighted by Crippen LogP contribution is -2.13. The van der Waals surface area contributed by atoms with E-state index in [9.17, 15) is 0 Å². The summed E-state index contributed by atoms with van der Waals surface area (Å²) in [6, 6.07) is 0. The summed E-state index contributed by atoms with van der Waals surface area (Å²) in [6.07, 6.45) is 1.46. The van der Waals surface area contributed by atoms with Crippen LogP contribution in [0.25, 0.3) is 0 Å². The summed E-state index contributed by atoms with van der Waals surface area (Å²) in [7, 11) is 1.75. The van der Waals surface area contributed by atoms with Gasteiger partial charge in [0.2, 0.25) is 0 Å². The molecular formula is C8H19NOS. The van der Waals surface area contributed by atoms with Gasteiger partial charge in [-0.3, -0.25) is 0 Å². The first-order chi connectivity index (χ1) is 5.20. The molecule has 0 heterocycles. The summed E-state index contributed by atoms with van der Waals surface area (Å²) < 4.78 is 5.13. The van der Waals surface area contributed by atoms with Crippen LogP contribution in [0.15, 0.2) is 0 Å². The molecule has 0 amide bonds. The first-order valence-electron chi connectivity index (χ1n) is 4.05. The maximum atomic E-state index is 5.42. The molecule has 3 heteroatoms. The van der Waals surface area contributed by atoms with E-state index in [1.54, 1.807) is 7.11 Å². The van der Waals surface area contributed by atoms with E-state index in [1.165, 1.54) is 0 Å². The summed E-state index contributed by atoms with van der Waals surface area (Å²) in [5.41, 5.74) is 5.42. The van der Waals surface area contributed by atoms with Crippen LogP contribution < -0.4 is 5.73 Å². The number of thioether (sulfide) groups is 1. The monoisotopic (exact) mass is 177 g/mol. The molecule has 0 spiro atoms. The molecule has 2 unspecified atom stereocenters. The van der Waals surface area contributed by atoms with Gasteiger partial charge in [0.15, 0.2) is 0 Å². The predicted molar refractivity (Wildman–Crippen MR) is 52.1 cm³/mol. The topological polar surface area (TPSA) is 35.2 Å². The molecular weight excluding hydrogens is 158 g/mol. The number of methoxy groups -OCH3 is 1. The average molecular weight is 177 g/mol. The molecule has 0 fully saturated rings. The lowest BCUT2D eigenvalue weighted by molar-refractivity contribution is 0.137. The fourth-order valence-electron chi connectivity index (χ4n) is 0.686. The van der Waals surface area contributed by atoms with Crippen LogP contribution in [0, 0.1) is 0 Å². The second-order valence-corrected chi connectivity index (χ2v) is 4.24. The molecule has 0 saturated carbocycles. The van der Waals surface area contributed by atoms with Gasteiger partial charge in [0.05, 0.1) is 6.10 Å². The second-order valence-electron chi connectivity index (χ2n) is 2.77. The zero-order chi connectivity index (χ0) is 8.69. The van der Waals surface area contributed by atoms with E-state index in [1.807, 2.05) is 11.8 Å². The van der Waals surface area contributed by atoms with Gasteiger partial charge >= 0.3 is 0 Å². The van der Waals surface area contributed by atoms with Crippen LogP contribution in [0.4, 0.5) is 0 Å². The third kappa shape index (κ3) is 6.66. The molecule has 2 atom stereocenters. The van der Waals surface area contributed by atoms with Crippen molar-refractivity contribution in [2.24, 2.45) is 5.73 Å². The Morgan fingerprint density at radius 1 is 1.45 bits per heavy atom. The zero-order valence-corrected chi connectivity index (χ0v) is 8.49. The van der Waals surface area contributed by atoms with Crippen molar-refractivity contribution in [3.63, 3.8) is 0 Å². The fourth-order valence-corrected chi connectivity index (χ4v) is 1.72. The number of hydrogen-bond acceptors (Lipinski definition) is 3. The summed E-state index contributed by atoms with van der Waals surface area (Å²) in [6.45, 7) is 5.08. The first kappa shape index (κ1) is 11.3. The van der Waals surface area contributed by atoms with Crippen LogP contribution in [0.3, 0.4) is 0 Å². The highest BCUT2D eigenvalue weighted by Crippen LogP contribution is 2.14. The predicted octanol–water partition coefficient (Wildman–Crippen LogP) is 1.49. The molecule has 0 aromatic rings. The smallest absolute Gasteiger partial charge is 0.0633 e. The second kappa shape index (κ2) is 6.95. The van der Waals surface area contributed by atoms with E-state index in [-0.39, 0.29) is 0 Å². The Kier molecular flexibility index (Phi) is 7.12. The molecule has 0 rings (SSSR count). The van der Waals surface area contributed by atoms with Gasteiger partial charge in [0, 0.05) is 18.1 Å². The minimum absolute atomic E-state index is 0.361. The van der Waals surface area contributed by atoms with Crippen molar-refractivity contribution in [1.29, 1.82) is 0 Å². The van der Waals surface area contributed by atoms with E-state index in [0.717, 1.165) is 18.7 Å². The largest absolute Gasteiger partial charge is 0.381 e. The standard InChI is InChI=1S/C8H19NOS/c1-7(10-3)6-11-8(2)4-5-9/h7-8H,4-6,9H2,1-3H3. The minimum Gasteiger partial charge on any atom is -0.381 e. The van der Waals surface area contributed by atoms with Crippen LogP contribution in [0.2, 0.25) is 0 Å². The Morgan fingerprint density at radius 3 is 2.55 bits per heavy atom. The van der Waals surface area contributed by atoms with Crippen molar-refractivity contribution in [3.8, 4) is 0 Å². The molecule has 0 aliphatic carbocycles. The first-order valence-corrected chi connectivity index (χ1v) is 5.10. The van der Waals surface area contributed by atoms with Crippen LogP contribution in [-0.2, 0) is 4.74 Å². The quantitative estimate of drug-likeness (QED) is 0.667. The van der Waals surface area contributed by atoms with E-state index in [4.69, 9.17) is 10.5 Å². The van der Waals surface area contributed by atoms with Gasteiger partial charge in [-0.15, -0.1) is 0 Å². The van der Waals surface area contributed by atoms with Crippen LogP contribution in [0.5, 0.6) is 0 Å². The Labute approximate surface area is 73.9 Å². The SMILES string of the molecule is COC(C)CSC(C)CCN. The van der Waals surface area contributed by atoms with Crippen molar-refractivity contribution in [1.82, 2.24) is 0 Å². The van der Waals surface area contributed by atoms with Gasteiger partial charge < -0.3 is 10.5 Å². The number of ether oxygens (including phenoxy) is 1. The number of rotatable bonds is 6. The Hall–Kier alpha value is 0.270. The van der Waals surface area contributed by atoms with Gasteiger partial charge in [0.1, 0.15) is 0 Å². The van der Waals surface area contributed by atoms with Crippen molar-refractivity contribution < 1.29 is 4.74 Å². The highest BCUT2D eigenvalue weighted by molar-refractivity contribution is 7.99. The lowest BCUT2D eigenvalue weighted by atomic mass is 10.3. The minimum atomic E-state index is 0.361. The number of nitrogens with two attached hydrogens (primary N) is 1. The highest BCUT2D eigenvalue weighted by atomic mass is 32.2. The Balaban J connectivity index is 3.22. The number of hydrogen-bond donors (Lipinski definition) is 1. The third-order valence-electron chi connectivity index (χ3n) is 1.59. The molecule has 2 nitrogen and oxygen atoms in total. The maximum absolute atomic E-state index is 5.42. The van der Waals surface area contributed by atoms with Gasteiger partial charge in [0.25, 0.3) is 0 Å². The molecule has 0 radical (unpaired) electrons. The van der Waals surface area contributed by atoms with Crippen LogP contribution in [-0.4, -0.2) is 30.8 Å². The van der Waals surface area contributed by atoms with Crippen molar-refractivity contribution in [2.75, 3.05) is 19.4 Å². The molecule has 0 aromatic carbocycles. The molecule has 0 saturated heterocycles. The highest BCUT2D eigenvalue weighted by Gasteiger charge is 2.04. The lowest BCUT2D eigenvalue weighted by Gasteiger charge is -2.13. The summed E-state index contributed by atoms with van der Waals surface area (Å²) in [4.78, 5) is 0. The molecule has 11 heavy (non-hydrogen) atoms. The molecule has 68 valence electrons. The Bertz CT molecular complexity index is 90.2. The van der Waals surface area contributed by atoms with Gasteiger partial charge in [-0.2, -0.15) is 11.8 Å². The fraction of sp³-hybridized carbons (Fsp3) is 1.00. The molecule has 2 N–H and O–H groups in total. The maximum Gasteiger partial charge on any atom is 0.0633 e.